The van der Waals surface area contributed by atoms with E-state index < -0.39 is 0 Å². The predicted molar refractivity (Wildman–Crippen MR) is 154 cm³/mol. The van der Waals surface area contributed by atoms with Crippen molar-refractivity contribution in [3.05, 3.63) is 66.4 Å². The number of H-pyrrole nitrogens is 2. The predicted octanol–water partition coefficient (Wildman–Crippen LogP) is 5.76. The van der Waals surface area contributed by atoms with Crippen molar-refractivity contribution in [3.8, 4) is 33.0 Å². The molecule has 0 atom stereocenters. The van der Waals surface area contributed by atoms with E-state index in [1.807, 2.05) is 18.2 Å². The molecule has 0 aromatic carbocycles. The minimum Gasteiger partial charge on any atom is -0.352 e. The third-order valence-corrected chi connectivity index (χ3v) is 8.25. The smallest absolute Gasteiger partial charge is 0.224 e. The van der Waals surface area contributed by atoms with Crippen molar-refractivity contribution in [2.24, 2.45) is 5.92 Å². The second-order valence-corrected chi connectivity index (χ2v) is 11.1. The summed E-state index contributed by atoms with van der Waals surface area (Å²) in [4.78, 5) is 30.2. The highest BCUT2D eigenvalue weighted by Crippen LogP contribution is 2.36. The summed E-state index contributed by atoms with van der Waals surface area (Å²) in [5.41, 5.74) is 6.19. The van der Waals surface area contributed by atoms with Crippen LogP contribution < -0.4 is 10.6 Å². The highest BCUT2D eigenvalue weighted by atomic mass is 32.1. The van der Waals surface area contributed by atoms with Crippen LogP contribution in [0.2, 0.25) is 0 Å². The minimum atomic E-state index is -0.237. The number of halogens is 1. The van der Waals surface area contributed by atoms with E-state index in [1.54, 1.807) is 37.1 Å². The van der Waals surface area contributed by atoms with Crippen molar-refractivity contribution >= 4 is 44.9 Å². The Morgan fingerprint density at radius 3 is 2.70 bits per heavy atom. The van der Waals surface area contributed by atoms with Gasteiger partial charge in [0.05, 0.1) is 29.3 Å². The van der Waals surface area contributed by atoms with Crippen LogP contribution >= 0.6 is 11.3 Å². The summed E-state index contributed by atoms with van der Waals surface area (Å²) in [6.07, 6.45) is 11.2. The van der Waals surface area contributed by atoms with Crippen molar-refractivity contribution in [1.29, 1.82) is 0 Å². The monoisotopic (exact) mass is 552 g/mol. The fraction of sp³-hybridized carbons (Fsp3) is 0.207. The van der Waals surface area contributed by atoms with Crippen LogP contribution in [0.5, 0.6) is 0 Å². The zero-order chi connectivity index (χ0) is 27.1. The Hall–Kier alpha value is -4.48. The van der Waals surface area contributed by atoms with Gasteiger partial charge in [0.15, 0.2) is 10.8 Å². The molecule has 7 heterocycles. The summed E-state index contributed by atoms with van der Waals surface area (Å²) < 4.78 is 13.7. The molecule has 1 aliphatic rings. The number of aromatic nitrogens is 6. The first-order chi connectivity index (χ1) is 19.6. The molecule has 0 bridgehead atoms. The second kappa shape index (κ2) is 10.2. The Bertz CT molecular complexity index is 1850. The first-order valence-corrected chi connectivity index (χ1v) is 14.0. The molecule has 0 saturated carbocycles. The Morgan fingerprint density at radius 2 is 1.85 bits per heavy atom. The van der Waals surface area contributed by atoms with Crippen molar-refractivity contribution in [1.82, 2.24) is 35.5 Å². The highest BCUT2D eigenvalue weighted by Gasteiger charge is 2.18. The summed E-state index contributed by atoms with van der Waals surface area (Å²) in [5.74, 6) is 0.418. The molecule has 4 N–H and O–H groups in total. The zero-order valence-corrected chi connectivity index (χ0v) is 22.2. The van der Waals surface area contributed by atoms with Crippen molar-refractivity contribution < 1.29 is 9.18 Å². The summed E-state index contributed by atoms with van der Waals surface area (Å²) in [5, 5.41) is 15.4. The molecule has 1 saturated heterocycles. The minimum absolute atomic E-state index is 0.00880. The number of fused-ring (bicyclic) bond motifs is 2. The van der Waals surface area contributed by atoms with Crippen LogP contribution in [0, 0.1) is 11.0 Å². The first kappa shape index (κ1) is 24.6. The van der Waals surface area contributed by atoms with Crippen molar-refractivity contribution in [2.45, 2.75) is 19.3 Å². The van der Waals surface area contributed by atoms with Crippen LogP contribution in [0.4, 0.5) is 10.1 Å². The average molecular weight is 553 g/mol. The number of carbonyl (C=O) groups is 1. The molecule has 200 valence electrons. The SMILES string of the molecule is O=C(CC1CCNCC1)Nc1cncc(-c2cnc3[nH]nc(-c4cc5c(-c6ccc(F)s6)cncc5[nH]4)c3c2)c1. The number of carbonyl (C=O) groups excluding carboxylic acids is 1. The lowest BCUT2D eigenvalue weighted by atomic mass is 9.94. The molecule has 6 aromatic rings. The van der Waals surface area contributed by atoms with Crippen molar-refractivity contribution in [2.75, 3.05) is 18.4 Å². The standard InChI is InChI=1S/C29H25FN8OS/c30-26-2-1-25(40-26)22-14-33-15-24-20(22)10-23(36-24)28-21-9-18(12-34-29(21)38-37-28)17-8-19(13-32-11-17)35-27(39)7-16-3-5-31-6-4-16/h1-2,8-16,31,36H,3-7H2,(H,35,39)(H,34,37,38). The maximum atomic E-state index is 13.7. The molecule has 0 radical (unpaired) electrons. The van der Waals surface area contributed by atoms with Crippen LogP contribution in [0.1, 0.15) is 19.3 Å². The van der Waals surface area contributed by atoms with Gasteiger partial charge in [-0.05, 0) is 62.2 Å². The van der Waals surface area contributed by atoms with Gasteiger partial charge in [-0.25, -0.2) is 4.98 Å². The fourth-order valence-electron chi connectivity index (χ4n) is 5.33. The normalized spacial score (nSPS) is 14.2. The van der Waals surface area contributed by atoms with Crippen molar-refractivity contribution in [3.63, 3.8) is 0 Å². The van der Waals surface area contributed by atoms with Gasteiger partial charge in [-0.2, -0.15) is 9.49 Å². The van der Waals surface area contributed by atoms with E-state index in [0.717, 1.165) is 80.8 Å². The summed E-state index contributed by atoms with van der Waals surface area (Å²) in [6.45, 7) is 1.93. The van der Waals surface area contributed by atoms with E-state index >= 15 is 0 Å². The Kier molecular flexibility index (Phi) is 6.29. The number of aromatic amines is 2. The Balaban J connectivity index is 1.19. The zero-order valence-electron chi connectivity index (χ0n) is 21.4. The molecule has 0 spiro atoms. The molecule has 7 rings (SSSR count). The topological polar surface area (TPSA) is 124 Å². The van der Waals surface area contributed by atoms with Crippen LogP contribution in [-0.4, -0.2) is 49.1 Å². The maximum absolute atomic E-state index is 13.7. The van der Waals surface area contributed by atoms with E-state index in [1.165, 1.54) is 6.07 Å². The highest BCUT2D eigenvalue weighted by molar-refractivity contribution is 7.14. The van der Waals surface area contributed by atoms with Gasteiger partial charge in [-0.1, -0.05) is 0 Å². The van der Waals surface area contributed by atoms with E-state index in [2.05, 4.69) is 40.8 Å². The average Bonchev–Trinajstić information content (AvgIpc) is 3.71. The van der Waals surface area contributed by atoms with Gasteiger partial charge in [-0.3, -0.25) is 19.9 Å². The number of hydrogen-bond acceptors (Lipinski definition) is 7. The fourth-order valence-corrected chi connectivity index (χ4v) is 6.08. The number of thiophene rings is 1. The lowest BCUT2D eigenvalue weighted by Gasteiger charge is -2.21. The maximum Gasteiger partial charge on any atom is 0.224 e. The molecule has 11 heteroatoms. The molecule has 6 aromatic heterocycles. The Labute approximate surface area is 232 Å². The number of amides is 1. The number of nitrogens with zero attached hydrogens (tertiary/aromatic N) is 4. The number of rotatable bonds is 6. The van der Waals surface area contributed by atoms with E-state index in [9.17, 15) is 9.18 Å². The lowest BCUT2D eigenvalue weighted by Crippen LogP contribution is -2.30. The number of hydrogen-bond donors (Lipinski definition) is 4. The molecular weight excluding hydrogens is 527 g/mol. The summed E-state index contributed by atoms with van der Waals surface area (Å²) >= 11 is 1.09. The van der Waals surface area contributed by atoms with E-state index in [-0.39, 0.29) is 11.0 Å². The summed E-state index contributed by atoms with van der Waals surface area (Å²) in [7, 11) is 0. The molecule has 0 aliphatic carbocycles. The molecule has 0 unspecified atom stereocenters. The molecular formula is C29H25FN8OS. The second-order valence-electron chi connectivity index (χ2n) is 10.0. The van der Waals surface area contributed by atoms with E-state index in [4.69, 9.17) is 0 Å². The van der Waals surface area contributed by atoms with E-state index in [0.29, 0.717) is 29.4 Å². The van der Waals surface area contributed by atoms with Crippen LogP contribution in [0.15, 0.2) is 61.3 Å². The van der Waals surface area contributed by atoms with Gasteiger partial charge in [0, 0.05) is 57.4 Å². The quantitative estimate of drug-likeness (QED) is 0.208. The molecule has 9 nitrogen and oxygen atoms in total. The van der Waals surface area contributed by atoms with Crippen LogP contribution in [0.3, 0.4) is 0 Å². The third kappa shape index (κ3) is 4.74. The third-order valence-electron chi connectivity index (χ3n) is 7.34. The van der Waals surface area contributed by atoms with Crippen LogP contribution in [-0.2, 0) is 4.79 Å². The number of nitrogens with one attached hydrogen (secondary N) is 4. The van der Waals surface area contributed by atoms with Gasteiger partial charge < -0.3 is 15.6 Å². The molecule has 1 amide bonds. The molecule has 1 aliphatic heterocycles. The molecule has 40 heavy (non-hydrogen) atoms. The number of piperidine rings is 1. The van der Waals surface area contributed by atoms with Gasteiger partial charge in [0.25, 0.3) is 0 Å². The van der Waals surface area contributed by atoms with Gasteiger partial charge in [0.1, 0.15) is 5.69 Å². The first-order valence-electron chi connectivity index (χ1n) is 13.1. The van der Waals surface area contributed by atoms with Crippen LogP contribution in [0.25, 0.3) is 54.9 Å². The summed E-state index contributed by atoms with van der Waals surface area (Å²) in [6, 6.07) is 9.16. The largest absolute Gasteiger partial charge is 0.352 e. The van der Waals surface area contributed by atoms with Gasteiger partial charge in [0.2, 0.25) is 5.91 Å². The molecule has 1 fully saturated rings. The van der Waals surface area contributed by atoms with Gasteiger partial charge >= 0.3 is 0 Å². The number of anilines is 1. The Morgan fingerprint density at radius 1 is 1.00 bits per heavy atom. The number of pyridine rings is 3. The lowest BCUT2D eigenvalue weighted by molar-refractivity contribution is -0.117. The van der Waals surface area contributed by atoms with Gasteiger partial charge in [-0.15, -0.1) is 11.3 Å².